The Morgan fingerprint density at radius 2 is 2.40 bits per heavy atom. The van der Waals surface area contributed by atoms with Crippen molar-refractivity contribution in [2.24, 2.45) is 0 Å². The fourth-order valence-corrected chi connectivity index (χ4v) is 2.49. The molecule has 7 heteroatoms. The minimum absolute atomic E-state index is 0.279. The van der Waals surface area contributed by atoms with Crippen LogP contribution in [0.2, 0.25) is 0 Å². The van der Waals surface area contributed by atoms with E-state index < -0.39 is 24.4 Å². The summed E-state index contributed by atoms with van der Waals surface area (Å²) < 4.78 is 7.29. The third-order valence-electron chi connectivity index (χ3n) is 3.65. The number of nitrogens with two attached hydrogens (primary N) is 1. The Bertz CT molecular complexity index is 692. The van der Waals surface area contributed by atoms with Crippen LogP contribution in [-0.4, -0.2) is 43.1 Å². The van der Waals surface area contributed by atoms with Gasteiger partial charge in [-0.1, -0.05) is 5.92 Å². The van der Waals surface area contributed by atoms with Crippen molar-refractivity contribution in [1.82, 2.24) is 14.6 Å². The summed E-state index contributed by atoms with van der Waals surface area (Å²) in [6, 6.07) is 3.57. The number of rotatable bonds is 2. The van der Waals surface area contributed by atoms with Crippen molar-refractivity contribution >= 4 is 11.3 Å². The predicted molar refractivity (Wildman–Crippen MR) is 70.5 cm³/mol. The molecule has 1 aliphatic heterocycles. The van der Waals surface area contributed by atoms with E-state index in [1.807, 2.05) is 0 Å². The number of aliphatic hydroxyl groups is 2. The van der Waals surface area contributed by atoms with Crippen molar-refractivity contribution in [3.63, 3.8) is 0 Å². The van der Waals surface area contributed by atoms with E-state index in [4.69, 9.17) is 16.9 Å². The lowest BCUT2D eigenvalue weighted by Gasteiger charge is -2.23. The molecule has 1 unspecified atom stereocenters. The molecule has 0 saturated carbocycles. The minimum Gasteiger partial charge on any atom is -0.392 e. The number of anilines is 1. The zero-order chi connectivity index (χ0) is 14.3. The highest BCUT2D eigenvalue weighted by molar-refractivity contribution is 5.65. The second-order valence-corrected chi connectivity index (χ2v) is 4.75. The molecule has 0 bridgehead atoms. The first-order valence-electron chi connectivity index (χ1n) is 6.14. The summed E-state index contributed by atoms with van der Waals surface area (Å²) in [5, 5.41) is 23.5. The summed E-state index contributed by atoms with van der Waals surface area (Å²) in [6.07, 6.45) is 5.59. The molecule has 0 aromatic carbocycles. The van der Waals surface area contributed by atoms with Crippen molar-refractivity contribution < 1.29 is 14.9 Å². The van der Waals surface area contributed by atoms with Crippen molar-refractivity contribution in [2.75, 3.05) is 12.3 Å². The number of aliphatic hydroxyl groups excluding tert-OH is 2. The SMILES string of the molecule is C#C[C@]1(CO)OC(c2ccc3c(N)ncnn23)C[C@@H]1O. The number of fused-ring (bicyclic) bond motifs is 1. The Labute approximate surface area is 115 Å². The minimum atomic E-state index is -1.37. The summed E-state index contributed by atoms with van der Waals surface area (Å²) in [5.41, 5.74) is 5.76. The van der Waals surface area contributed by atoms with E-state index in [0.29, 0.717) is 17.0 Å². The van der Waals surface area contributed by atoms with Gasteiger partial charge in [0.05, 0.1) is 18.4 Å². The highest BCUT2D eigenvalue weighted by Crippen LogP contribution is 2.39. The molecule has 20 heavy (non-hydrogen) atoms. The average molecular weight is 274 g/mol. The molecule has 104 valence electrons. The first-order chi connectivity index (χ1) is 9.61. The van der Waals surface area contributed by atoms with Gasteiger partial charge < -0.3 is 20.7 Å². The van der Waals surface area contributed by atoms with Crippen molar-refractivity contribution in [3.8, 4) is 12.3 Å². The van der Waals surface area contributed by atoms with Gasteiger partial charge >= 0.3 is 0 Å². The number of hydrogen-bond donors (Lipinski definition) is 3. The standard InChI is InChI=1S/C13H14N4O3/c1-2-13(6-18)11(19)5-10(20-13)8-3-4-9-12(14)15-7-16-17(8)9/h1,3-4,7,10-11,18-19H,5-6H2,(H2,14,15,16)/t10?,11-,13+/m0/s1. The van der Waals surface area contributed by atoms with Gasteiger partial charge in [0.1, 0.15) is 17.9 Å². The Kier molecular flexibility index (Phi) is 2.87. The Balaban J connectivity index is 2.02. The maximum Gasteiger partial charge on any atom is 0.177 e. The number of aromatic nitrogens is 3. The van der Waals surface area contributed by atoms with Crippen LogP contribution in [0, 0.1) is 12.3 Å². The van der Waals surface area contributed by atoms with E-state index >= 15 is 0 Å². The lowest BCUT2D eigenvalue weighted by Crippen LogP contribution is -2.41. The highest BCUT2D eigenvalue weighted by atomic mass is 16.5. The van der Waals surface area contributed by atoms with Gasteiger partial charge in [-0.15, -0.1) is 6.42 Å². The van der Waals surface area contributed by atoms with Crippen molar-refractivity contribution in [1.29, 1.82) is 0 Å². The zero-order valence-electron chi connectivity index (χ0n) is 10.6. The molecule has 1 fully saturated rings. The summed E-state index contributed by atoms with van der Waals surface area (Å²) >= 11 is 0. The number of nitrogens with zero attached hydrogens (tertiary/aromatic N) is 3. The van der Waals surface area contributed by atoms with E-state index in [9.17, 15) is 10.2 Å². The Morgan fingerprint density at radius 3 is 3.05 bits per heavy atom. The van der Waals surface area contributed by atoms with Crippen LogP contribution in [0.25, 0.3) is 5.52 Å². The summed E-state index contributed by atoms with van der Waals surface area (Å²) in [5.74, 6) is 2.70. The molecule has 3 rings (SSSR count). The van der Waals surface area contributed by atoms with E-state index in [2.05, 4.69) is 16.0 Å². The number of nitrogen functional groups attached to an aromatic ring is 1. The summed E-state index contributed by atoms with van der Waals surface area (Å²) in [7, 11) is 0. The van der Waals surface area contributed by atoms with Crippen LogP contribution >= 0.6 is 0 Å². The van der Waals surface area contributed by atoms with Crippen LogP contribution in [0.4, 0.5) is 5.82 Å². The summed E-state index contributed by atoms with van der Waals surface area (Å²) in [6.45, 7) is -0.443. The molecule has 3 atom stereocenters. The molecule has 0 aliphatic carbocycles. The van der Waals surface area contributed by atoms with Crippen LogP contribution in [0.1, 0.15) is 18.2 Å². The number of hydrogen-bond acceptors (Lipinski definition) is 6. The van der Waals surface area contributed by atoms with Gasteiger partial charge in [0.2, 0.25) is 0 Å². The van der Waals surface area contributed by atoms with Gasteiger partial charge in [0.15, 0.2) is 11.4 Å². The molecule has 0 amide bonds. The van der Waals surface area contributed by atoms with Gasteiger partial charge in [-0.25, -0.2) is 9.50 Å². The normalized spacial score (nSPS) is 29.6. The Morgan fingerprint density at radius 1 is 1.60 bits per heavy atom. The molecule has 1 aliphatic rings. The first-order valence-corrected chi connectivity index (χ1v) is 6.14. The van der Waals surface area contributed by atoms with Gasteiger partial charge in [0.25, 0.3) is 0 Å². The molecule has 1 saturated heterocycles. The maximum absolute atomic E-state index is 10.0. The molecule has 2 aromatic rings. The van der Waals surface area contributed by atoms with Gasteiger partial charge in [-0.2, -0.15) is 5.10 Å². The van der Waals surface area contributed by atoms with E-state index in [-0.39, 0.29) is 6.42 Å². The van der Waals surface area contributed by atoms with Crippen LogP contribution < -0.4 is 5.73 Å². The molecule has 4 N–H and O–H groups in total. The first kappa shape index (κ1) is 12.9. The lowest BCUT2D eigenvalue weighted by molar-refractivity contribution is -0.0732. The molecular weight excluding hydrogens is 260 g/mol. The summed E-state index contributed by atoms with van der Waals surface area (Å²) in [4.78, 5) is 3.91. The predicted octanol–water partition coefficient (Wildman–Crippen LogP) is -0.502. The smallest absolute Gasteiger partial charge is 0.177 e. The molecule has 2 aromatic heterocycles. The van der Waals surface area contributed by atoms with Crippen molar-refractivity contribution in [3.05, 3.63) is 24.2 Å². The van der Waals surface area contributed by atoms with Crippen LogP contribution in [0.3, 0.4) is 0 Å². The van der Waals surface area contributed by atoms with Crippen LogP contribution in [0.5, 0.6) is 0 Å². The van der Waals surface area contributed by atoms with E-state index in [1.54, 1.807) is 16.6 Å². The fraction of sp³-hybridized carbons (Fsp3) is 0.385. The van der Waals surface area contributed by atoms with E-state index in [0.717, 1.165) is 0 Å². The second kappa shape index (κ2) is 4.45. The number of terminal acetylenes is 1. The molecular formula is C13H14N4O3. The Hall–Kier alpha value is -2.14. The number of ether oxygens (including phenoxy) is 1. The molecule has 0 spiro atoms. The fourth-order valence-electron chi connectivity index (χ4n) is 2.49. The van der Waals surface area contributed by atoms with Crippen LogP contribution in [-0.2, 0) is 4.74 Å². The monoisotopic (exact) mass is 274 g/mol. The quantitative estimate of drug-likeness (QED) is 0.637. The molecule has 3 heterocycles. The highest BCUT2D eigenvalue weighted by Gasteiger charge is 2.47. The molecule has 7 nitrogen and oxygen atoms in total. The second-order valence-electron chi connectivity index (χ2n) is 4.75. The van der Waals surface area contributed by atoms with E-state index in [1.165, 1.54) is 6.33 Å². The average Bonchev–Trinajstić information content (AvgIpc) is 3.01. The topological polar surface area (TPSA) is 106 Å². The van der Waals surface area contributed by atoms with Gasteiger partial charge in [0, 0.05) is 6.42 Å². The maximum atomic E-state index is 10.0. The van der Waals surface area contributed by atoms with Gasteiger partial charge in [-0.3, -0.25) is 0 Å². The van der Waals surface area contributed by atoms with Crippen LogP contribution in [0.15, 0.2) is 18.5 Å². The zero-order valence-corrected chi connectivity index (χ0v) is 10.6. The largest absolute Gasteiger partial charge is 0.392 e. The van der Waals surface area contributed by atoms with Gasteiger partial charge in [-0.05, 0) is 12.1 Å². The molecule has 0 radical (unpaired) electrons. The van der Waals surface area contributed by atoms with Crippen molar-refractivity contribution in [2.45, 2.75) is 24.2 Å². The third-order valence-corrected chi connectivity index (χ3v) is 3.65. The third kappa shape index (κ3) is 1.67. The lowest BCUT2D eigenvalue weighted by atomic mass is 9.98.